The van der Waals surface area contributed by atoms with Crippen molar-refractivity contribution in [2.45, 2.75) is 32.2 Å². The molecule has 2 aliphatic rings. The summed E-state index contributed by atoms with van der Waals surface area (Å²) in [5.74, 6) is -4.48. The van der Waals surface area contributed by atoms with Crippen LogP contribution in [0.4, 0.5) is 25.0 Å². The number of anilines is 2. The van der Waals surface area contributed by atoms with Crippen LogP contribution in [-0.2, 0) is 32.0 Å². The first-order valence-corrected chi connectivity index (χ1v) is 15.1. The van der Waals surface area contributed by atoms with Gasteiger partial charge in [-0.05, 0) is 49.4 Å². The number of ketones is 1. The minimum Gasteiger partial charge on any atom is -0.453 e. The Bertz CT molecular complexity index is 1860. The summed E-state index contributed by atoms with van der Waals surface area (Å²) in [4.78, 5) is 62.1. The van der Waals surface area contributed by atoms with Crippen molar-refractivity contribution in [3.05, 3.63) is 93.7 Å². The molecule has 4 N–H and O–H groups in total. The number of H-pyrrole nitrogens is 1. The number of rotatable bonds is 5. The van der Waals surface area contributed by atoms with E-state index in [1.165, 1.54) is 50.5 Å². The number of nitrogens with zero attached hydrogens (tertiary/aromatic N) is 2. The third-order valence-corrected chi connectivity index (χ3v) is 8.15. The van der Waals surface area contributed by atoms with Gasteiger partial charge in [0.1, 0.15) is 34.1 Å². The Balaban J connectivity index is 1.53. The van der Waals surface area contributed by atoms with Crippen LogP contribution in [0, 0.1) is 17.7 Å². The van der Waals surface area contributed by atoms with Crippen molar-refractivity contribution in [3.63, 3.8) is 0 Å². The molecule has 11 nitrogen and oxygen atoms in total. The van der Waals surface area contributed by atoms with Crippen LogP contribution in [0.15, 0.2) is 65.5 Å². The molecule has 0 saturated carbocycles. The van der Waals surface area contributed by atoms with Gasteiger partial charge in [-0.1, -0.05) is 35.4 Å². The number of halogens is 4. The Morgan fingerprint density at radius 2 is 1.89 bits per heavy atom. The molecule has 244 valence electrons. The molecule has 47 heavy (non-hydrogen) atoms. The molecule has 1 aliphatic carbocycles. The molecule has 4 bridgehead atoms. The first-order valence-electron chi connectivity index (χ1n) is 14.3. The second-order valence-electron chi connectivity index (χ2n) is 10.8. The smallest absolute Gasteiger partial charge is 0.411 e. The topological polar surface area (TPSA) is 155 Å². The van der Waals surface area contributed by atoms with E-state index in [0.29, 0.717) is 16.9 Å². The van der Waals surface area contributed by atoms with Crippen molar-refractivity contribution < 1.29 is 32.7 Å². The summed E-state index contributed by atoms with van der Waals surface area (Å²) >= 11 is 12.6. The van der Waals surface area contributed by atoms with Crippen molar-refractivity contribution in [1.29, 1.82) is 0 Å². The van der Waals surface area contributed by atoms with E-state index in [1.54, 1.807) is 12.1 Å². The minimum atomic E-state index is -1.07. The maximum Gasteiger partial charge on any atom is 0.411 e. The highest BCUT2D eigenvalue weighted by molar-refractivity contribution is 6.32. The quantitative estimate of drug-likeness (QED) is 0.237. The van der Waals surface area contributed by atoms with Gasteiger partial charge in [-0.2, -0.15) is 0 Å². The molecular weight excluding hydrogens is 657 g/mol. The third kappa shape index (κ3) is 7.75. The molecule has 5 rings (SSSR count). The molecule has 15 heteroatoms. The number of nitrogens with one attached hydrogen (secondary N) is 4. The molecule has 1 aliphatic heterocycles. The summed E-state index contributed by atoms with van der Waals surface area (Å²) < 4.78 is 34.2. The summed E-state index contributed by atoms with van der Waals surface area (Å²) in [5.41, 5.74) is 1.57. The maximum absolute atomic E-state index is 14.9. The molecular formula is C32H28Cl2F2N6O5. The van der Waals surface area contributed by atoms with Crippen molar-refractivity contribution in [3.8, 4) is 11.3 Å². The molecule has 0 radical (unpaired) electrons. The highest BCUT2D eigenvalue weighted by atomic mass is 35.5. The summed E-state index contributed by atoms with van der Waals surface area (Å²) in [6.07, 6.45) is 4.30. The van der Waals surface area contributed by atoms with Crippen molar-refractivity contribution >= 4 is 58.3 Å². The SMILES string of the molecule is COC(=O)Nc1ccc2c(c1)NC(=O)CCc1nc(ccc1F)CC(NC(=O)/C=C/C1C(F)=C(Cl)C=CC1C(C)=O)c1nc-2c(Cl)[nH]1. The Kier molecular flexibility index (Phi) is 10.2. The second kappa shape index (κ2) is 14.3. The molecule has 3 amide bonds. The van der Waals surface area contributed by atoms with Crippen LogP contribution in [-0.4, -0.2) is 45.8 Å². The molecule has 0 fully saturated rings. The van der Waals surface area contributed by atoms with Crippen LogP contribution in [0.1, 0.15) is 36.6 Å². The predicted molar refractivity (Wildman–Crippen MR) is 171 cm³/mol. The lowest BCUT2D eigenvalue weighted by Gasteiger charge is -2.22. The van der Waals surface area contributed by atoms with Crippen LogP contribution < -0.4 is 16.0 Å². The van der Waals surface area contributed by atoms with Crippen molar-refractivity contribution in [2.75, 3.05) is 17.7 Å². The number of fused-ring (bicyclic) bond motifs is 6. The summed E-state index contributed by atoms with van der Waals surface area (Å²) in [6.45, 7) is 1.32. The number of methoxy groups -OCH3 is 1. The van der Waals surface area contributed by atoms with Gasteiger partial charge < -0.3 is 20.4 Å². The van der Waals surface area contributed by atoms with Gasteiger partial charge in [0.2, 0.25) is 11.8 Å². The van der Waals surface area contributed by atoms with Gasteiger partial charge >= 0.3 is 6.09 Å². The number of Topliss-reactive ketones (excluding diaryl/α,β-unsaturated/α-hetero) is 1. The first kappa shape index (κ1) is 33.5. The number of aromatic nitrogens is 3. The number of ether oxygens (including phenoxy) is 1. The molecule has 3 aromatic rings. The molecule has 3 atom stereocenters. The number of imidazole rings is 1. The number of hydrogen-bond acceptors (Lipinski definition) is 7. The normalized spacial score (nSPS) is 19.4. The van der Waals surface area contributed by atoms with Gasteiger partial charge in [0.25, 0.3) is 0 Å². The number of amides is 3. The maximum atomic E-state index is 14.9. The molecule has 1 aromatic carbocycles. The lowest BCUT2D eigenvalue weighted by atomic mass is 9.84. The van der Waals surface area contributed by atoms with Gasteiger partial charge in [0.15, 0.2) is 0 Å². The molecule has 3 unspecified atom stereocenters. The van der Waals surface area contributed by atoms with Crippen molar-refractivity contribution in [1.82, 2.24) is 20.3 Å². The van der Waals surface area contributed by atoms with Crippen LogP contribution in [0.25, 0.3) is 11.3 Å². The van der Waals surface area contributed by atoms with E-state index in [9.17, 15) is 28.0 Å². The molecule has 0 saturated heterocycles. The molecule has 3 heterocycles. The molecule has 0 spiro atoms. The summed E-state index contributed by atoms with van der Waals surface area (Å²) in [7, 11) is 1.20. The molecule has 2 aromatic heterocycles. The Labute approximate surface area is 277 Å². The lowest BCUT2D eigenvalue weighted by molar-refractivity contribution is -0.120. The standard InChI is InChI=1S/C32H28Cl2F2N6O5/c1-15(43)18-6-8-21(33)28(36)19(18)7-11-26(44)40-25-14-16-4-9-22(35)23(37-16)10-12-27(45)39-24-13-17(38-32(46)47-2)3-5-20(24)29-30(34)42-31(25)41-29/h3-9,11,13,18-19,25H,10,12,14H2,1-2H3,(H,38,46)(H,39,45)(H,40,44)(H,41,42)/b11-7+. The van der Waals surface area contributed by atoms with E-state index >= 15 is 0 Å². The number of aryl methyl sites for hydroxylation is 1. The second-order valence-corrected chi connectivity index (χ2v) is 11.6. The first-order chi connectivity index (χ1) is 22.4. The Morgan fingerprint density at radius 1 is 1.11 bits per heavy atom. The van der Waals surface area contributed by atoms with Gasteiger partial charge in [-0.15, -0.1) is 0 Å². The van der Waals surface area contributed by atoms with Crippen LogP contribution >= 0.6 is 23.2 Å². The zero-order valence-corrected chi connectivity index (χ0v) is 26.5. The van der Waals surface area contributed by atoms with E-state index < -0.39 is 47.4 Å². The average molecular weight is 686 g/mol. The van der Waals surface area contributed by atoms with E-state index in [1.807, 2.05) is 0 Å². The number of pyridine rings is 1. The fourth-order valence-corrected chi connectivity index (χ4v) is 5.65. The highest BCUT2D eigenvalue weighted by Gasteiger charge is 2.30. The van der Waals surface area contributed by atoms with Crippen LogP contribution in [0.2, 0.25) is 5.15 Å². The predicted octanol–water partition coefficient (Wildman–Crippen LogP) is 6.09. The van der Waals surface area contributed by atoms with E-state index in [2.05, 4.69) is 35.6 Å². The van der Waals surface area contributed by atoms with E-state index in [0.717, 1.165) is 6.08 Å². The third-order valence-electron chi connectivity index (χ3n) is 7.57. The van der Waals surface area contributed by atoms with E-state index in [4.69, 9.17) is 23.2 Å². The van der Waals surface area contributed by atoms with E-state index in [-0.39, 0.29) is 58.1 Å². The number of aromatic amines is 1. The van der Waals surface area contributed by atoms with Gasteiger partial charge in [0, 0.05) is 48.0 Å². The zero-order valence-electron chi connectivity index (χ0n) is 25.0. The number of carbonyl (C=O) groups excluding carboxylic acids is 4. The number of benzene rings is 1. The lowest BCUT2D eigenvalue weighted by Crippen LogP contribution is -2.30. The zero-order chi connectivity index (χ0) is 33.8. The van der Waals surface area contributed by atoms with Gasteiger partial charge in [0.05, 0.1) is 29.6 Å². The largest absolute Gasteiger partial charge is 0.453 e. The minimum absolute atomic E-state index is 0.0273. The monoisotopic (exact) mass is 684 g/mol. The number of carbonyl (C=O) groups is 4. The Hall–Kier alpha value is -4.88. The number of hydrogen-bond donors (Lipinski definition) is 4. The van der Waals surface area contributed by atoms with Crippen LogP contribution in [0.3, 0.4) is 0 Å². The van der Waals surface area contributed by atoms with Gasteiger partial charge in [-0.3, -0.25) is 24.7 Å². The fraction of sp³-hybridized carbons (Fsp3) is 0.250. The van der Waals surface area contributed by atoms with Gasteiger partial charge in [-0.25, -0.2) is 18.6 Å². The average Bonchev–Trinajstić information content (AvgIpc) is 3.42. The fourth-order valence-electron chi connectivity index (χ4n) is 5.21. The Morgan fingerprint density at radius 3 is 2.64 bits per heavy atom. The van der Waals surface area contributed by atoms with Crippen LogP contribution in [0.5, 0.6) is 0 Å². The number of allylic oxidation sites excluding steroid dienone is 5. The van der Waals surface area contributed by atoms with Crippen molar-refractivity contribution in [2.24, 2.45) is 11.8 Å². The highest BCUT2D eigenvalue weighted by Crippen LogP contribution is 2.36. The summed E-state index contributed by atoms with van der Waals surface area (Å²) in [6, 6.07) is 6.39. The summed E-state index contributed by atoms with van der Waals surface area (Å²) in [5, 5.41) is 8.00.